The minimum atomic E-state index is -0.00153. The molecule has 1 amide bonds. The Balaban J connectivity index is 1.59. The molecule has 1 aliphatic carbocycles. The Hall–Kier alpha value is -2.63. The first-order valence-corrected chi connectivity index (χ1v) is 9.29. The Morgan fingerprint density at radius 2 is 2.19 bits per heavy atom. The van der Waals surface area contributed by atoms with Gasteiger partial charge in [0.25, 0.3) is 0 Å². The molecule has 1 fully saturated rings. The third-order valence-electron chi connectivity index (χ3n) is 5.35. The van der Waals surface area contributed by atoms with Crippen LogP contribution in [0.5, 0.6) is 0 Å². The van der Waals surface area contributed by atoms with Gasteiger partial charge in [0.1, 0.15) is 12.3 Å². The molecule has 3 aromatic rings. The molecule has 0 bridgehead atoms. The van der Waals surface area contributed by atoms with E-state index in [4.69, 9.17) is 4.42 Å². The lowest BCUT2D eigenvalue weighted by Crippen LogP contribution is -2.42. The Morgan fingerprint density at radius 1 is 1.35 bits per heavy atom. The first-order valence-electron chi connectivity index (χ1n) is 9.29. The molecule has 6 heteroatoms. The molecular formula is C20H24N4O2. The predicted molar refractivity (Wildman–Crippen MR) is 99.5 cm³/mol. The molecule has 2 unspecified atom stereocenters. The quantitative estimate of drug-likeness (QED) is 0.777. The van der Waals surface area contributed by atoms with Crippen LogP contribution < -0.4 is 5.32 Å². The van der Waals surface area contributed by atoms with Crippen LogP contribution in [0, 0.1) is 12.8 Å². The molecule has 26 heavy (non-hydrogen) atoms. The molecule has 0 spiro atoms. The first-order chi connectivity index (χ1) is 12.6. The molecule has 1 saturated carbocycles. The molecule has 3 aromatic heterocycles. The largest absolute Gasteiger partial charge is 0.464 e. The van der Waals surface area contributed by atoms with E-state index in [1.54, 1.807) is 17.1 Å². The lowest BCUT2D eigenvalue weighted by molar-refractivity contribution is -0.123. The van der Waals surface area contributed by atoms with Gasteiger partial charge in [0, 0.05) is 17.8 Å². The molecule has 1 N–H and O–H groups in total. The summed E-state index contributed by atoms with van der Waals surface area (Å²) in [5, 5.41) is 8.68. The van der Waals surface area contributed by atoms with Crippen molar-refractivity contribution in [3.8, 4) is 11.3 Å². The number of pyridine rings is 1. The number of nitrogens with one attached hydrogen (secondary N) is 1. The highest BCUT2D eigenvalue weighted by molar-refractivity contribution is 5.93. The highest BCUT2D eigenvalue weighted by atomic mass is 16.3. The molecule has 136 valence electrons. The van der Waals surface area contributed by atoms with E-state index in [0.29, 0.717) is 11.6 Å². The van der Waals surface area contributed by atoms with Gasteiger partial charge in [-0.3, -0.25) is 4.79 Å². The van der Waals surface area contributed by atoms with Gasteiger partial charge >= 0.3 is 0 Å². The average Bonchev–Trinajstić information content (AvgIpc) is 3.26. The van der Waals surface area contributed by atoms with Crippen LogP contribution in [0.25, 0.3) is 22.4 Å². The van der Waals surface area contributed by atoms with Gasteiger partial charge in [-0.25, -0.2) is 9.67 Å². The van der Waals surface area contributed by atoms with Crippen molar-refractivity contribution >= 4 is 16.9 Å². The maximum Gasteiger partial charge on any atom is 0.242 e. The van der Waals surface area contributed by atoms with Gasteiger partial charge in [-0.15, -0.1) is 0 Å². The van der Waals surface area contributed by atoms with Gasteiger partial charge in [0.15, 0.2) is 5.65 Å². The van der Waals surface area contributed by atoms with Crippen LogP contribution >= 0.6 is 0 Å². The average molecular weight is 352 g/mol. The van der Waals surface area contributed by atoms with Crippen LogP contribution in [0.3, 0.4) is 0 Å². The smallest absolute Gasteiger partial charge is 0.242 e. The lowest BCUT2D eigenvalue weighted by atomic mass is 9.86. The van der Waals surface area contributed by atoms with E-state index in [-0.39, 0.29) is 18.5 Å². The highest BCUT2D eigenvalue weighted by Crippen LogP contribution is 2.30. The van der Waals surface area contributed by atoms with E-state index in [2.05, 4.69) is 22.3 Å². The minimum Gasteiger partial charge on any atom is -0.464 e. The van der Waals surface area contributed by atoms with Gasteiger partial charge in [-0.05, 0) is 43.9 Å². The zero-order valence-electron chi connectivity index (χ0n) is 15.2. The molecular weight excluding hydrogens is 328 g/mol. The molecule has 3 heterocycles. The number of fused-ring (bicyclic) bond motifs is 1. The summed E-state index contributed by atoms with van der Waals surface area (Å²) < 4.78 is 7.24. The summed E-state index contributed by atoms with van der Waals surface area (Å²) in [5.74, 6) is 1.31. The van der Waals surface area contributed by atoms with Crippen LogP contribution in [-0.4, -0.2) is 26.7 Å². The highest BCUT2D eigenvalue weighted by Gasteiger charge is 2.23. The van der Waals surface area contributed by atoms with E-state index in [1.165, 1.54) is 19.3 Å². The van der Waals surface area contributed by atoms with Gasteiger partial charge in [0.2, 0.25) is 5.91 Å². The number of aromatic nitrogens is 3. The van der Waals surface area contributed by atoms with Crippen molar-refractivity contribution in [2.45, 2.75) is 52.1 Å². The lowest BCUT2D eigenvalue weighted by Gasteiger charge is -2.29. The standard InChI is InChI=1S/C20H24N4O2/c1-13-6-3-4-7-16(13)22-18(25)12-24-20-19(14(2)23-24)15(9-10-21-20)17-8-5-11-26-17/h5,8-11,13,16H,3-4,6-7,12H2,1-2H3,(H,22,25). The van der Waals surface area contributed by atoms with Crippen molar-refractivity contribution in [1.29, 1.82) is 0 Å². The molecule has 6 nitrogen and oxygen atoms in total. The van der Waals surface area contributed by atoms with Crippen molar-refractivity contribution < 1.29 is 9.21 Å². The number of hydrogen-bond donors (Lipinski definition) is 1. The molecule has 2 atom stereocenters. The van der Waals surface area contributed by atoms with Crippen molar-refractivity contribution in [3.05, 3.63) is 36.4 Å². The molecule has 1 aliphatic rings. The topological polar surface area (TPSA) is 73.0 Å². The summed E-state index contributed by atoms with van der Waals surface area (Å²) >= 11 is 0. The van der Waals surface area contributed by atoms with Crippen LogP contribution in [0.15, 0.2) is 35.1 Å². The Bertz CT molecular complexity index is 913. The number of carbonyl (C=O) groups is 1. The van der Waals surface area contributed by atoms with Crippen molar-refractivity contribution in [2.75, 3.05) is 0 Å². The summed E-state index contributed by atoms with van der Waals surface area (Å²) in [6.07, 6.45) is 8.08. The fourth-order valence-corrected chi connectivity index (χ4v) is 3.95. The van der Waals surface area contributed by atoms with Gasteiger partial charge in [-0.2, -0.15) is 5.10 Å². The number of rotatable bonds is 4. The fraction of sp³-hybridized carbons (Fsp3) is 0.450. The molecule has 0 aromatic carbocycles. The Morgan fingerprint density at radius 3 is 2.96 bits per heavy atom. The van der Waals surface area contributed by atoms with Crippen molar-refractivity contribution in [3.63, 3.8) is 0 Å². The number of furan rings is 1. The fourth-order valence-electron chi connectivity index (χ4n) is 3.95. The third-order valence-corrected chi connectivity index (χ3v) is 5.35. The molecule has 0 saturated heterocycles. The first kappa shape index (κ1) is 16.8. The van der Waals surface area contributed by atoms with Gasteiger partial charge in [0.05, 0.1) is 17.3 Å². The number of carbonyl (C=O) groups excluding carboxylic acids is 1. The SMILES string of the molecule is Cc1nn(CC(=O)NC2CCCCC2C)c2nccc(-c3ccco3)c12. The summed E-state index contributed by atoms with van der Waals surface area (Å²) in [5.41, 5.74) is 2.51. The maximum atomic E-state index is 12.6. The zero-order chi connectivity index (χ0) is 18.1. The summed E-state index contributed by atoms with van der Waals surface area (Å²) in [7, 11) is 0. The normalized spacial score (nSPS) is 20.4. The van der Waals surface area contributed by atoms with Crippen LogP contribution in [0.4, 0.5) is 0 Å². The van der Waals surface area contributed by atoms with E-state index in [0.717, 1.165) is 28.8 Å². The summed E-state index contributed by atoms with van der Waals surface area (Å²) in [4.78, 5) is 17.0. The van der Waals surface area contributed by atoms with E-state index >= 15 is 0 Å². The Labute approximate surface area is 152 Å². The second kappa shape index (κ2) is 6.94. The van der Waals surface area contributed by atoms with Crippen LogP contribution in [0.2, 0.25) is 0 Å². The van der Waals surface area contributed by atoms with Crippen molar-refractivity contribution in [1.82, 2.24) is 20.1 Å². The minimum absolute atomic E-state index is 0.00153. The summed E-state index contributed by atoms with van der Waals surface area (Å²) in [6, 6.07) is 5.97. The zero-order valence-corrected chi connectivity index (χ0v) is 15.2. The third kappa shape index (κ3) is 3.11. The van der Waals surface area contributed by atoms with Crippen LogP contribution in [0.1, 0.15) is 38.3 Å². The van der Waals surface area contributed by atoms with Crippen molar-refractivity contribution in [2.24, 2.45) is 5.92 Å². The number of nitrogens with zero attached hydrogens (tertiary/aromatic N) is 3. The van der Waals surface area contributed by atoms with E-state index < -0.39 is 0 Å². The van der Waals surface area contributed by atoms with E-state index in [9.17, 15) is 4.79 Å². The number of aryl methyl sites for hydroxylation is 1. The molecule has 0 radical (unpaired) electrons. The Kier molecular flexibility index (Phi) is 4.49. The van der Waals surface area contributed by atoms with Gasteiger partial charge < -0.3 is 9.73 Å². The summed E-state index contributed by atoms with van der Waals surface area (Å²) in [6.45, 7) is 4.34. The van der Waals surface area contributed by atoms with E-state index in [1.807, 2.05) is 25.1 Å². The number of amides is 1. The monoisotopic (exact) mass is 352 g/mol. The number of hydrogen-bond acceptors (Lipinski definition) is 4. The van der Waals surface area contributed by atoms with Gasteiger partial charge in [-0.1, -0.05) is 19.8 Å². The molecule has 0 aliphatic heterocycles. The predicted octanol–water partition coefficient (Wildman–Crippen LogP) is 3.69. The second-order valence-corrected chi connectivity index (χ2v) is 7.21. The molecule has 4 rings (SSSR count). The second-order valence-electron chi connectivity index (χ2n) is 7.21. The van der Waals surface area contributed by atoms with Crippen LogP contribution in [-0.2, 0) is 11.3 Å². The maximum absolute atomic E-state index is 12.6.